The van der Waals surface area contributed by atoms with Crippen LogP contribution < -0.4 is 0 Å². The summed E-state index contributed by atoms with van der Waals surface area (Å²) in [6, 6.07) is 11.2. The number of hydrogen-bond donors (Lipinski definition) is 0. The van der Waals surface area contributed by atoms with Crippen LogP contribution in [-0.2, 0) is 13.1 Å². The van der Waals surface area contributed by atoms with E-state index in [0.29, 0.717) is 6.54 Å². The van der Waals surface area contributed by atoms with E-state index in [1.807, 2.05) is 12.1 Å². The van der Waals surface area contributed by atoms with Gasteiger partial charge in [0.05, 0.1) is 0 Å². The first-order valence-electron chi connectivity index (χ1n) is 6.78. The van der Waals surface area contributed by atoms with E-state index in [2.05, 4.69) is 41.4 Å². The number of likely N-dealkylation sites (N-methyl/N-ethyl adjacent to an activating group) is 1. The molecule has 1 aromatic carbocycles. The topological polar surface area (TPSA) is 6.48 Å². The van der Waals surface area contributed by atoms with E-state index in [9.17, 15) is 4.39 Å². The highest BCUT2D eigenvalue weighted by Crippen LogP contribution is 2.15. The van der Waals surface area contributed by atoms with Gasteiger partial charge in [-0.3, -0.25) is 4.90 Å². The van der Waals surface area contributed by atoms with E-state index < -0.39 is 0 Å². The molecule has 2 rings (SSSR count). The molecule has 0 atom stereocenters. The largest absolute Gasteiger partial charge is 0.308 e. The predicted octanol–water partition coefficient (Wildman–Crippen LogP) is 3.45. The Kier molecular flexibility index (Phi) is 5.71. The highest BCUT2D eigenvalue weighted by molar-refractivity contribution is 7.09. The average Bonchev–Trinajstić information content (AvgIpc) is 2.91. The molecule has 0 aliphatic carbocycles. The van der Waals surface area contributed by atoms with Crippen LogP contribution in [0, 0.1) is 5.82 Å². The number of rotatable bonds is 7. The summed E-state index contributed by atoms with van der Waals surface area (Å²) in [4.78, 5) is 5.77. The summed E-state index contributed by atoms with van der Waals surface area (Å²) in [6.07, 6.45) is 0. The fourth-order valence-electron chi connectivity index (χ4n) is 2.05. The average molecular weight is 292 g/mol. The molecule has 0 amide bonds. The minimum Gasteiger partial charge on any atom is -0.308 e. The second kappa shape index (κ2) is 7.53. The molecule has 4 heteroatoms. The number of halogens is 1. The van der Waals surface area contributed by atoms with Gasteiger partial charge < -0.3 is 4.90 Å². The molecule has 0 saturated heterocycles. The number of hydrogen-bond acceptors (Lipinski definition) is 3. The summed E-state index contributed by atoms with van der Waals surface area (Å²) in [7, 11) is 4.12. The van der Waals surface area contributed by atoms with Crippen molar-refractivity contribution in [3.63, 3.8) is 0 Å². The second-order valence-corrected chi connectivity index (χ2v) is 6.22. The first-order chi connectivity index (χ1) is 9.65. The smallest absolute Gasteiger partial charge is 0.127 e. The molecule has 2 nitrogen and oxygen atoms in total. The van der Waals surface area contributed by atoms with Crippen LogP contribution >= 0.6 is 11.3 Å². The van der Waals surface area contributed by atoms with Crippen molar-refractivity contribution in [3.05, 3.63) is 58.0 Å². The Morgan fingerprint density at radius 3 is 2.45 bits per heavy atom. The molecular weight excluding hydrogens is 271 g/mol. The maximum absolute atomic E-state index is 13.8. The van der Waals surface area contributed by atoms with Crippen molar-refractivity contribution in [2.24, 2.45) is 0 Å². The van der Waals surface area contributed by atoms with Crippen molar-refractivity contribution < 1.29 is 4.39 Å². The standard InChI is InChI=1S/C16H21FN2S/c1-18(2)9-10-19(13-15-7-5-11-20-15)12-14-6-3-4-8-16(14)17/h3-8,11H,9-10,12-13H2,1-2H3. The van der Waals surface area contributed by atoms with Gasteiger partial charge in [0, 0.05) is 36.6 Å². The van der Waals surface area contributed by atoms with Crippen LogP contribution in [0.5, 0.6) is 0 Å². The van der Waals surface area contributed by atoms with Crippen molar-refractivity contribution >= 4 is 11.3 Å². The molecule has 1 aromatic heterocycles. The van der Waals surface area contributed by atoms with Gasteiger partial charge in [-0.15, -0.1) is 11.3 Å². The molecule has 0 fully saturated rings. The summed E-state index contributed by atoms with van der Waals surface area (Å²) in [6.45, 7) is 3.43. The third kappa shape index (κ3) is 4.71. The van der Waals surface area contributed by atoms with Gasteiger partial charge in [-0.1, -0.05) is 24.3 Å². The Morgan fingerprint density at radius 1 is 1.00 bits per heavy atom. The van der Waals surface area contributed by atoms with Gasteiger partial charge in [0.2, 0.25) is 0 Å². The van der Waals surface area contributed by atoms with Crippen molar-refractivity contribution in [2.45, 2.75) is 13.1 Å². The molecule has 0 N–H and O–H groups in total. The van der Waals surface area contributed by atoms with Crippen LogP contribution in [0.2, 0.25) is 0 Å². The molecule has 0 unspecified atom stereocenters. The van der Waals surface area contributed by atoms with Crippen molar-refractivity contribution in [2.75, 3.05) is 27.2 Å². The van der Waals surface area contributed by atoms with Gasteiger partial charge in [-0.25, -0.2) is 4.39 Å². The summed E-state index contributed by atoms with van der Waals surface area (Å²) < 4.78 is 13.8. The first-order valence-corrected chi connectivity index (χ1v) is 7.66. The molecule has 0 aliphatic rings. The van der Waals surface area contributed by atoms with Crippen LogP contribution in [0.1, 0.15) is 10.4 Å². The minimum absolute atomic E-state index is 0.117. The second-order valence-electron chi connectivity index (χ2n) is 5.18. The van der Waals surface area contributed by atoms with Gasteiger partial charge in [0.25, 0.3) is 0 Å². The zero-order valence-corrected chi connectivity index (χ0v) is 12.9. The van der Waals surface area contributed by atoms with Crippen molar-refractivity contribution in [1.29, 1.82) is 0 Å². The Balaban J connectivity index is 2.03. The molecule has 0 radical (unpaired) electrons. The van der Waals surface area contributed by atoms with Gasteiger partial charge in [-0.05, 0) is 31.6 Å². The Morgan fingerprint density at radius 2 is 1.80 bits per heavy atom. The lowest BCUT2D eigenvalue weighted by molar-refractivity contribution is 0.225. The predicted molar refractivity (Wildman–Crippen MR) is 83.4 cm³/mol. The highest BCUT2D eigenvalue weighted by atomic mass is 32.1. The van der Waals surface area contributed by atoms with Crippen molar-refractivity contribution in [3.8, 4) is 0 Å². The lowest BCUT2D eigenvalue weighted by atomic mass is 10.2. The zero-order valence-electron chi connectivity index (χ0n) is 12.1. The van der Waals surface area contributed by atoms with Crippen LogP contribution in [0.3, 0.4) is 0 Å². The maximum Gasteiger partial charge on any atom is 0.127 e. The molecule has 20 heavy (non-hydrogen) atoms. The Hall–Kier alpha value is -1.23. The normalized spacial score (nSPS) is 11.4. The maximum atomic E-state index is 13.8. The zero-order chi connectivity index (χ0) is 14.4. The number of thiophene rings is 1. The molecule has 108 valence electrons. The van der Waals surface area contributed by atoms with Gasteiger partial charge in [-0.2, -0.15) is 0 Å². The molecule has 0 spiro atoms. The van der Waals surface area contributed by atoms with Crippen LogP contribution in [-0.4, -0.2) is 37.0 Å². The van der Waals surface area contributed by atoms with E-state index >= 15 is 0 Å². The van der Waals surface area contributed by atoms with E-state index in [0.717, 1.165) is 25.2 Å². The van der Waals surface area contributed by atoms with E-state index in [-0.39, 0.29) is 5.82 Å². The third-order valence-electron chi connectivity index (χ3n) is 3.17. The number of nitrogens with zero attached hydrogens (tertiary/aromatic N) is 2. The first kappa shape index (κ1) is 15.2. The third-order valence-corrected chi connectivity index (χ3v) is 4.04. The van der Waals surface area contributed by atoms with E-state index in [1.54, 1.807) is 17.4 Å². The fourth-order valence-corrected chi connectivity index (χ4v) is 2.79. The summed E-state index contributed by atoms with van der Waals surface area (Å²) >= 11 is 1.75. The van der Waals surface area contributed by atoms with Crippen LogP contribution in [0.4, 0.5) is 4.39 Å². The Bertz CT molecular complexity index is 511. The van der Waals surface area contributed by atoms with E-state index in [1.165, 1.54) is 10.9 Å². The summed E-state index contributed by atoms with van der Waals surface area (Å²) in [5.41, 5.74) is 0.766. The Labute approximate surface area is 124 Å². The van der Waals surface area contributed by atoms with Gasteiger partial charge in [0.1, 0.15) is 5.82 Å². The quantitative estimate of drug-likeness (QED) is 0.771. The van der Waals surface area contributed by atoms with Crippen molar-refractivity contribution in [1.82, 2.24) is 9.80 Å². The molecule has 0 aliphatic heterocycles. The highest BCUT2D eigenvalue weighted by Gasteiger charge is 2.10. The summed E-state index contributed by atoms with van der Waals surface area (Å²) in [5.74, 6) is -0.117. The number of benzene rings is 1. The molecule has 0 bridgehead atoms. The molecule has 0 saturated carbocycles. The van der Waals surface area contributed by atoms with Crippen LogP contribution in [0.15, 0.2) is 41.8 Å². The minimum atomic E-state index is -0.117. The van der Waals surface area contributed by atoms with Gasteiger partial charge >= 0.3 is 0 Å². The fraction of sp³-hybridized carbons (Fsp3) is 0.375. The lowest BCUT2D eigenvalue weighted by Gasteiger charge is -2.24. The monoisotopic (exact) mass is 292 g/mol. The lowest BCUT2D eigenvalue weighted by Crippen LogP contribution is -2.31. The molecule has 1 heterocycles. The SMILES string of the molecule is CN(C)CCN(Cc1cccs1)Cc1ccccc1F. The molecular formula is C16H21FN2S. The summed E-state index contributed by atoms with van der Waals surface area (Å²) in [5, 5.41) is 2.09. The van der Waals surface area contributed by atoms with E-state index in [4.69, 9.17) is 0 Å². The van der Waals surface area contributed by atoms with Gasteiger partial charge in [0.15, 0.2) is 0 Å². The molecule has 2 aromatic rings. The van der Waals surface area contributed by atoms with Crippen LogP contribution in [0.25, 0.3) is 0 Å².